The number of halogens is 2. The van der Waals surface area contributed by atoms with Gasteiger partial charge < -0.3 is 15.6 Å². The maximum absolute atomic E-state index is 11.5. The van der Waals surface area contributed by atoms with E-state index < -0.39 is 0 Å². The summed E-state index contributed by atoms with van der Waals surface area (Å²) in [6, 6.07) is 1.84. The van der Waals surface area contributed by atoms with E-state index in [1.165, 1.54) is 0 Å². The molecule has 6 heteroatoms. The summed E-state index contributed by atoms with van der Waals surface area (Å²) < 4.78 is 1.05. The highest BCUT2D eigenvalue weighted by Crippen LogP contribution is 2.06. The molecule has 0 bridgehead atoms. The van der Waals surface area contributed by atoms with Crippen LogP contribution in [0.3, 0.4) is 0 Å². The summed E-state index contributed by atoms with van der Waals surface area (Å²) in [5.74, 6) is 0.591. The van der Waals surface area contributed by atoms with E-state index in [9.17, 15) is 4.79 Å². The molecule has 4 nitrogen and oxygen atoms in total. The lowest BCUT2D eigenvalue weighted by Crippen LogP contribution is -2.48. The van der Waals surface area contributed by atoms with Crippen molar-refractivity contribution in [2.24, 2.45) is 5.92 Å². The molecule has 1 aliphatic rings. The molecular weight excluding hydrogens is 328 g/mol. The van der Waals surface area contributed by atoms with Gasteiger partial charge in [-0.25, -0.2) is 0 Å². The molecule has 2 rings (SSSR count). The summed E-state index contributed by atoms with van der Waals surface area (Å²) in [7, 11) is 0. The highest BCUT2D eigenvalue weighted by Gasteiger charge is 2.17. The van der Waals surface area contributed by atoms with E-state index in [0.29, 0.717) is 11.6 Å². The van der Waals surface area contributed by atoms with Crippen molar-refractivity contribution in [2.75, 3.05) is 19.6 Å². The Balaban J connectivity index is 0.00000112. The molecule has 0 aliphatic carbocycles. The zero-order valence-corrected chi connectivity index (χ0v) is 11.0. The Labute approximate surface area is 108 Å². The zero-order valence-electron chi connectivity index (χ0n) is 8.05. The van der Waals surface area contributed by atoms with Gasteiger partial charge in [-0.3, -0.25) is 4.79 Å². The first kappa shape index (κ1) is 12.8. The van der Waals surface area contributed by atoms with Crippen molar-refractivity contribution in [1.29, 1.82) is 0 Å². The van der Waals surface area contributed by atoms with Crippen LogP contribution >= 0.6 is 35.0 Å². The Hall–Kier alpha value is -0.270. The Bertz CT molecular complexity index is 338. The van der Waals surface area contributed by atoms with Crippen LogP contribution in [0.25, 0.3) is 0 Å². The molecule has 0 unspecified atom stereocenters. The van der Waals surface area contributed by atoms with E-state index in [1.807, 2.05) is 12.3 Å². The third-order valence-electron chi connectivity index (χ3n) is 2.31. The fraction of sp³-hybridized carbons (Fsp3) is 0.444. The van der Waals surface area contributed by atoms with Crippen molar-refractivity contribution in [1.82, 2.24) is 15.6 Å². The maximum Gasteiger partial charge on any atom is 0.267 e. The van der Waals surface area contributed by atoms with Gasteiger partial charge in [0.1, 0.15) is 5.69 Å². The number of hydrogen-bond acceptors (Lipinski definition) is 2. The van der Waals surface area contributed by atoms with E-state index in [-0.39, 0.29) is 18.3 Å². The topological polar surface area (TPSA) is 56.9 Å². The molecule has 1 aromatic heterocycles. The van der Waals surface area contributed by atoms with Crippen molar-refractivity contribution in [3.05, 3.63) is 21.5 Å². The molecule has 0 atom stereocenters. The molecule has 84 valence electrons. The van der Waals surface area contributed by atoms with E-state index in [1.54, 1.807) is 0 Å². The van der Waals surface area contributed by atoms with Gasteiger partial charge in [0.15, 0.2) is 0 Å². The third kappa shape index (κ3) is 3.35. The van der Waals surface area contributed by atoms with Gasteiger partial charge in [0.05, 0.1) is 0 Å². The molecule has 1 fully saturated rings. The molecule has 0 radical (unpaired) electrons. The quantitative estimate of drug-likeness (QED) is 0.718. The highest BCUT2D eigenvalue weighted by molar-refractivity contribution is 14.1. The standard InChI is InChI=1S/C9H12IN3O.ClH/c10-7-1-8(12-5-7)9(14)13-4-6-2-11-3-6;/h1,5-6,11-12H,2-4H2,(H,13,14);1H. The van der Waals surface area contributed by atoms with E-state index in [0.717, 1.165) is 23.2 Å². The van der Waals surface area contributed by atoms with Gasteiger partial charge in [-0.05, 0) is 28.7 Å². The van der Waals surface area contributed by atoms with E-state index >= 15 is 0 Å². The Morgan fingerprint density at radius 1 is 1.60 bits per heavy atom. The number of amides is 1. The number of rotatable bonds is 3. The third-order valence-corrected chi connectivity index (χ3v) is 2.93. The lowest BCUT2D eigenvalue weighted by atomic mass is 10.0. The molecule has 0 saturated carbocycles. The Kier molecular flexibility index (Phi) is 4.88. The van der Waals surface area contributed by atoms with Crippen LogP contribution < -0.4 is 10.6 Å². The molecule has 1 aromatic rings. The van der Waals surface area contributed by atoms with Crippen LogP contribution in [-0.4, -0.2) is 30.5 Å². The van der Waals surface area contributed by atoms with Crippen molar-refractivity contribution in [3.8, 4) is 0 Å². The molecule has 15 heavy (non-hydrogen) atoms. The SMILES string of the molecule is Cl.O=C(NCC1CNC1)c1cc(I)c[nH]1. The van der Waals surface area contributed by atoms with Crippen LogP contribution in [0, 0.1) is 9.49 Å². The minimum Gasteiger partial charge on any atom is -0.356 e. The minimum absolute atomic E-state index is 0. The van der Waals surface area contributed by atoms with Gasteiger partial charge in [0.2, 0.25) is 0 Å². The van der Waals surface area contributed by atoms with Gasteiger partial charge in [0.25, 0.3) is 5.91 Å². The molecule has 2 heterocycles. The van der Waals surface area contributed by atoms with Crippen LogP contribution in [-0.2, 0) is 0 Å². The van der Waals surface area contributed by atoms with Crippen molar-refractivity contribution >= 4 is 40.9 Å². The Morgan fingerprint density at radius 2 is 2.33 bits per heavy atom. The van der Waals surface area contributed by atoms with Crippen LogP contribution in [0.1, 0.15) is 10.5 Å². The summed E-state index contributed by atoms with van der Waals surface area (Å²) in [6.07, 6.45) is 1.82. The van der Waals surface area contributed by atoms with Gasteiger partial charge in [-0.1, -0.05) is 0 Å². The summed E-state index contributed by atoms with van der Waals surface area (Å²) in [4.78, 5) is 14.5. The first-order chi connectivity index (χ1) is 6.75. The molecule has 1 saturated heterocycles. The minimum atomic E-state index is -0.0141. The molecular formula is C9H13ClIN3O. The fourth-order valence-corrected chi connectivity index (χ4v) is 1.79. The maximum atomic E-state index is 11.5. The number of aromatic nitrogens is 1. The second-order valence-electron chi connectivity index (χ2n) is 3.47. The number of hydrogen-bond donors (Lipinski definition) is 3. The van der Waals surface area contributed by atoms with Gasteiger partial charge >= 0.3 is 0 Å². The van der Waals surface area contributed by atoms with E-state index in [2.05, 4.69) is 38.2 Å². The lowest BCUT2D eigenvalue weighted by Gasteiger charge is -2.26. The monoisotopic (exact) mass is 341 g/mol. The molecule has 0 spiro atoms. The molecule has 0 aromatic carbocycles. The van der Waals surface area contributed by atoms with Crippen molar-refractivity contribution in [3.63, 3.8) is 0 Å². The van der Waals surface area contributed by atoms with Crippen LogP contribution in [0.4, 0.5) is 0 Å². The number of aromatic amines is 1. The van der Waals surface area contributed by atoms with Crippen LogP contribution in [0.2, 0.25) is 0 Å². The number of carbonyl (C=O) groups is 1. The Morgan fingerprint density at radius 3 is 2.80 bits per heavy atom. The summed E-state index contributed by atoms with van der Waals surface area (Å²) in [6.45, 7) is 2.80. The number of nitrogens with one attached hydrogen (secondary N) is 3. The fourth-order valence-electron chi connectivity index (χ4n) is 1.32. The normalized spacial score (nSPS) is 15.3. The first-order valence-electron chi connectivity index (χ1n) is 4.58. The summed E-state index contributed by atoms with van der Waals surface area (Å²) >= 11 is 2.17. The number of carbonyl (C=O) groups excluding carboxylic acids is 1. The largest absolute Gasteiger partial charge is 0.356 e. The molecule has 1 aliphatic heterocycles. The zero-order chi connectivity index (χ0) is 9.97. The average Bonchev–Trinajstić information content (AvgIpc) is 2.49. The van der Waals surface area contributed by atoms with Crippen LogP contribution in [0.5, 0.6) is 0 Å². The second-order valence-corrected chi connectivity index (χ2v) is 4.71. The van der Waals surface area contributed by atoms with Crippen molar-refractivity contribution < 1.29 is 4.79 Å². The second kappa shape index (κ2) is 5.72. The smallest absolute Gasteiger partial charge is 0.267 e. The lowest BCUT2D eigenvalue weighted by molar-refractivity contribution is 0.0938. The highest BCUT2D eigenvalue weighted by atomic mass is 127. The summed E-state index contributed by atoms with van der Waals surface area (Å²) in [5, 5.41) is 6.07. The van der Waals surface area contributed by atoms with E-state index in [4.69, 9.17) is 0 Å². The first-order valence-corrected chi connectivity index (χ1v) is 5.66. The van der Waals surface area contributed by atoms with Gasteiger partial charge in [0, 0.05) is 35.3 Å². The van der Waals surface area contributed by atoms with Crippen molar-refractivity contribution in [2.45, 2.75) is 0 Å². The van der Waals surface area contributed by atoms with Gasteiger partial charge in [-0.2, -0.15) is 0 Å². The van der Waals surface area contributed by atoms with Crippen LogP contribution in [0.15, 0.2) is 12.3 Å². The van der Waals surface area contributed by atoms with Gasteiger partial charge in [-0.15, -0.1) is 12.4 Å². The predicted octanol–water partition coefficient (Wildman–Crippen LogP) is 0.990. The predicted molar refractivity (Wildman–Crippen MR) is 69.5 cm³/mol. The summed E-state index contributed by atoms with van der Waals surface area (Å²) in [5.41, 5.74) is 0.640. The molecule has 3 N–H and O–H groups in total. The molecule has 1 amide bonds. The average molecular weight is 342 g/mol. The number of H-pyrrole nitrogens is 1.